The second kappa shape index (κ2) is 5.45. The first-order valence-corrected chi connectivity index (χ1v) is 7.15. The third-order valence-electron chi connectivity index (χ3n) is 2.89. The van der Waals surface area contributed by atoms with E-state index in [9.17, 15) is 4.79 Å². The number of hydrogen-bond donors (Lipinski definition) is 1. The summed E-state index contributed by atoms with van der Waals surface area (Å²) in [4.78, 5) is 26.5. The molecule has 0 spiro atoms. The molecular formula is C14H13N5OS. The lowest BCUT2D eigenvalue weighted by molar-refractivity contribution is 0.102. The molecule has 0 bridgehead atoms. The van der Waals surface area contributed by atoms with Crippen molar-refractivity contribution >= 4 is 39.1 Å². The van der Waals surface area contributed by atoms with Crippen LogP contribution in [0, 0.1) is 0 Å². The number of amides is 1. The largest absolute Gasteiger partial charge is 0.347 e. The lowest BCUT2D eigenvalue weighted by Crippen LogP contribution is -2.15. The van der Waals surface area contributed by atoms with Gasteiger partial charge in [0.15, 0.2) is 0 Å². The minimum atomic E-state index is -0.188. The van der Waals surface area contributed by atoms with Crippen LogP contribution in [0.15, 0.2) is 36.1 Å². The van der Waals surface area contributed by atoms with Gasteiger partial charge in [0.1, 0.15) is 0 Å². The average molecular weight is 299 g/mol. The van der Waals surface area contributed by atoms with Crippen molar-refractivity contribution in [3.63, 3.8) is 0 Å². The summed E-state index contributed by atoms with van der Waals surface area (Å²) >= 11 is 1.51. The minimum absolute atomic E-state index is 0.188. The Kier molecular flexibility index (Phi) is 3.49. The summed E-state index contributed by atoms with van der Waals surface area (Å²) in [5.41, 5.74) is 3.81. The van der Waals surface area contributed by atoms with Crippen molar-refractivity contribution in [2.45, 2.75) is 0 Å². The number of carbonyl (C=O) groups excluding carboxylic acids is 1. The summed E-state index contributed by atoms with van der Waals surface area (Å²) < 4.78 is 0.988. The summed E-state index contributed by atoms with van der Waals surface area (Å²) in [6.45, 7) is 0. The van der Waals surface area contributed by atoms with E-state index in [0.29, 0.717) is 17.2 Å². The predicted molar refractivity (Wildman–Crippen MR) is 83.9 cm³/mol. The number of nitrogens with zero attached hydrogens (tertiary/aromatic N) is 4. The van der Waals surface area contributed by atoms with E-state index in [2.05, 4.69) is 20.3 Å². The molecule has 0 aliphatic carbocycles. The van der Waals surface area contributed by atoms with Crippen molar-refractivity contribution in [2.75, 3.05) is 24.3 Å². The fourth-order valence-corrected chi connectivity index (χ4v) is 2.53. The van der Waals surface area contributed by atoms with Gasteiger partial charge in [-0.05, 0) is 18.2 Å². The highest BCUT2D eigenvalue weighted by Gasteiger charge is 2.09. The number of thiazole rings is 1. The van der Waals surface area contributed by atoms with E-state index in [0.717, 1.165) is 10.2 Å². The van der Waals surface area contributed by atoms with Gasteiger partial charge < -0.3 is 10.2 Å². The first-order chi connectivity index (χ1) is 10.1. The van der Waals surface area contributed by atoms with Crippen LogP contribution in [0.3, 0.4) is 0 Å². The van der Waals surface area contributed by atoms with Crippen LogP contribution in [0.1, 0.15) is 10.4 Å². The van der Waals surface area contributed by atoms with Crippen molar-refractivity contribution in [1.82, 2.24) is 15.0 Å². The first-order valence-electron chi connectivity index (χ1n) is 6.27. The van der Waals surface area contributed by atoms with E-state index in [1.165, 1.54) is 11.3 Å². The molecule has 1 N–H and O–H groups in total. The summed E-state index contributed by atoms with van der Waals surface area (Å²) in [7, 11) is 3.72. The minimum Gasteiger partial charge on any atom is -0.347 e. The highest BCUT2D eigenvalue weighted by atomic mass is 32.1. The molecule has 3 aromatic rings. The van der Waals surface area contributed by atoms with Gasteiger partial charge in [0.25, 0.3) is 5.91 Å². The quantitative estimate of drug-likeness (QED) is 0.804. The maximum atomic E-state index is 12.2. The van der Waals surface area contributed by atoms with E-state index in [1.807, 2.05) is 26.2 Å². The van der Waals surface area contributed by atoms with Crippen LogP contribution >= 0.6 is 11.3 Å². The van der Waals surface area contributed by atoms with Crippen molar-refractivity contribution in [1.29, 1.82) is 0 Å². The molecule has 7 heteroatoms. The van der Waals surface area contributed by atoms with Gasteiger partial charge in [-0.1, -0.05) is 0 Å². The molecule has 2 heterocycles. The second-order valence-corrected chi connectivity index (χ2v) is 5.54. The third-order valence-corrected chi connectivity index (χ3v) is 3.68. The van der Waals surface area contributed by atoms with Gasteiger partial charge in [-0.2, -0.15) is 0 Å². The van der Waals surface area contributed by atoms with Crippen LogP contribution in [-0.2, 0) is 0 Å². The number of fused-ring (bicyclic) bond motifs is 1. The molecule has 6 nitrogen and oxygen atoms in total. The number of anilines is 2. The molecule has 0 radical (unpaired) electrons. The Morgan fingerprint density at radius 1 is 1.19 bits per heavy atom. The molecule has 2 aromatic heterocycles. The van der Waals surface area contributed by atoms with Gasteiger partial charge in [0, 0.05) is 19.7 Å². The molecule has 0 saturated carbocycles. The number of nitrogens with one attached hydrogen (secondary N) is 1. The van der Waals surface area contributed by atoms with Crippen LogP contribution in [0.4, 0.5) is 11.6 Å². The zero-order valence-electron chi connectivity index (χ0n) is 11.6. The summed E-state index contributed by atoms with van der Waals surface area (Å²) in [6, 6.07) is 5.43. The van der Waals surface area contributed by atoms with E-state index in [-0.39, 0.29) is 5.91 Å². The highest BCUT2D eigenvalue weighted by Crippen LogP contribution is 2.19. The molecule has 0 aliphatic heterocycles. The number of hydrogen-bond acceptors (Lipinski definition) is 6. The lowest BCUT2D eigenvalue weighted by atomic mass is 10.2. The van der Waals surface area contributed by atoms with Gasteiger partial charge >= 0.3 is 0 Å². The molecule has 0 atom stereocenters. The maximum Gasteiger partial charge on any atom is 0.255 e. The van der Waals surface area contributed by atoms with E-state index < -0.39 is 0 Å². The summed E-state index contributed by atoms with van der Waals surface area (Å²) in [5, 5.41) is 2.78. The van der Waals surface area contributed by atoms with Crippen molar-refractivity contribution < 1.29 is 4.79 Å². The average Bonchev–Trinajstić information content (AvgIpc) is 2.95. The zero-order chi connectivity index (χ0) is 14.8. The van der Waals surface area contributed by atoms with Crippen LogP contribution in [0.5, 0.6) is 0 Å². The zero-order valence-corrected chi connectivity index (χ0v) is 12.4. The SMILES string of the molecule is CN(C)c1ncc(NC(=O)c2ccc3ncsc3c2)cn1. The van der Waals surface area contributed by atoms with E-state index >= 15 is 0 Å². The molecule has 0 unspecified atom stereocenters. The fraction of sp³-hybridized carbons (Fsp3) is 0.143. The van der Waals surface area contributed by atoms with Crippen molar-refractivity contribution in [2.24, 2.45) is 0 Å². The lowest BCUT2D eigenvalue weighted by Gasteiger charge is -2.10. The Morgan fingerprint density at radius 3 is 2.67 bits per heavy atom. The second-order valence-electron chi connectivity index (χ2n) is 4.66. The molecule has 0 saturated heterocycles. The Balaban J connectivity index is 1.78. The Labute approximate surface area is 125 Å². The van der Waals surface area contributed by atoms with Gasteiger partial charge in [-0.25, -0.2) is 15.0 Å². The van der Waals surface area contributed by atoms with Gasteiger partial charge in [0.05, 0.1) is 33.8 Å². The predicted octanol–water partition coefficient (Wildman–Crippen LogP) is 2.40. The Morgan fingerprint density at radius 2 is 1.95 bits per heavy atom. The van der Waals surface area contributed by atoms with E-state index in [1.54, 1.807) is 28.9 Å². The fourth-order valence-electron chi connectivity index (χ4n) is 1.82. The van der Waals surface area contributed by atoms with Crippen LogP contribution in [-0.4, -0.2) is 35.0 Å². The van der Waals surface area contributed by atoms with E-state index in [4.69, 9.17) is 0 Å². The van der Waals surface area contributed by atoms with Crippen molar-refractivity contribution in [3.8, 4) is 0 Å². The monoisotopic (exact) mass is 299 g/mol. The molecule has 0 aliphatic rings. The molecule has 1 amide bonds. The van der Waals surface area contributed by atoms with Crippen molar-refractivity contribution in [3.05, 3.63) is 41.7 Å². The summed E-state index contributed by atoms with van der Waals surface area (Å²) in [5.74, 6) is 0.408. The van der Waals surface area contributed by atoms with Crippen LogP contribution < -0.4 is 10.2 Å². The Hall–Kier alpha value is -2.54. The molecule has 21 heavy (non-hydrogen) atoms. The maximum absolute atomic E-state index is 12.2. The van der Waals surface area contributed by atoms with Crippen LogP contribution in [0.25, 0.3) is 10.2 Å². The number of carbonyl (C=O) groups is 1. The highest BCUT2D eigenvalue weighted by molar-refractivity contribution is 7.16. The number of rotatable bonds is 3. The standard InChI is InChI=1S/C14H13N5OS/c1-19(2)14-15-6-10(7-16-14)18-13(20)9-3-4-11-12(5-9)21-8-17-11/h3-8H,1-2H3,(H,18,20). The normalized spacial score (nSPS) is 10.6. The third kappa shape index (κ3) is 2.82. The van der Waals surface area contributed by atoms with Gasteiger partial charge in [-0.3, -0.25) is 4.79 Å². The molecule has 106 valence electrons. The van der Waals surface area contributed by atoms with Crippen LogP contribution in [0.2, 0.25) is 0 Å². The molecule has 0 fully saturated rings. The number of aromatic nitrogens is 3. The van der Waals surface area contributed by atoms with Gasteiger partial charge in [0.2, 0.25) is 5.95 Å². The smallest absolute Gasteiger partial charge is 0.255 e. The summed E-state index contributed by atoms with van der Waals surface area (Å²) in [6.07, 6.45) is 3.18. The molecular weight excluding hydrogens is 286 g/mol. The molecule has 3 rings (SSSR count). The Bertz CT molecular complexity index is 781. The topological polar surface area (TPSA) is 71.0 Å². The number of benzene rings is 1. The molecule has 1 aromatic carbocycles. The first kappa shape index (κ1) is 13.4. The van der Waals surface area contributed by atoms with Gasteiger partial charge in [-0.15, -0.1) is 11.3 Å².